The van der Waals surface area contributed by atoms with Crippen molar-refractivity contribution < 1.29 is 0 Å². The number of aryl methyl sites for hydroxylation is 1. The largest absolute Gasteiger partial charge is 0.198 e. The Morgan fingerprint density at radius 1 is 1.46 bits per heavy atom. The lowest BCUT2D eigenvalue weighted by molar-refractivity contribution is 1.10. The topological polar surface area (TPSA) is 23.8 Å². The molecule has 0 aliphatic heterocycles. The van der Waals surface area contributed by atoms with Gasteiger partial charge < -0.3 is 0 Å². The second-order valence-electron chi connectivity index (χ2n) is 3.80. The molecule has 1 aromatic rings. The summed E-state index contributed by atoms with van der Waals surface area (Å²) in [4.78, 5) is 0. The SMILES string of the molecule is Cc1cc(C2CC2)ccc1CC#N. The van der Waals surface area contributed by atoms with E-state index in [1.54, 1.807) is 0 Å². The van der Waals surface area contributed by atoms with Crippen LogP contribution >= 0.6 is 0 Å². The number of nitrogens with zero attached hydrogens (tertiary/aromatic N) is 1. The molecule has 1 aromatic carbocycles. The summed E-state index contributed by atoms with van der Waals surface area (Å²) < 4.78 is 0. The van der Waals surface area contributed by atoms with Gasteiger partial charge in [0.25, 0.3) is 0 Å². The third-order valence-electron chi connectivity index (χ3n) is 2.68. The monoisotopic (exact) mass is 171 g/mol. The molecule has 1 saturated carbocycles. The number of nitriles is 1. The molecule has 0 atom stereocenters. The first-order chi connectivity index (χ1) is 6.31. The number of benzene rings is 1. The Balaban J connectivity index is 2.27. The van der Waals surface area contributed by atoms with Gasteiger partial charge in [-0.1, -0.05) is 18.2 Å². The predicted octanol–water partition coefficient (Wildman–Crippen LogP) is 2.94. The van der Waals surface area contributed by atoms with Crippen LogP contribution in [-0.4, -0.2) is 0 Å². The van der Waals surface area contributed by atoms with Crippen molar-refractivity contribution in [1.29, 1.82) is 5.26 Å². The minimum Gasteiger partial charge on any atom is -0.198 e. The van der Waals surface area contributed by atoms with Crippen LogP contribution in [0.25, 0.3) is 0 Å². The first kappa shape index (κ1) is 8.31. The molecule has 0 radical (unpaired) electrons. The van der Waals surface area contributed by atoms with Gasteiger partial charge in [-0.3, -0.25) is 0 Å². The molecule has 1 fully saturated rings. The minimum absolute atomic E-state index is 0.538. The van der Waals surface area contributed by atoms with E-state index in [9.17, 15) is 0 Å². The molecule has 0 N–H and O–H groups in total. The molecule has 1 aliphatic rings. The van der Waals surface area contributed by atoms with Crippen LogP contribution in [-0.2, 0) is 6.42 Å². The maximum atomic E-state index is 8.58. The van der Waals surface area contributed by atoms with E-state index in [1.807, 2.05) is 0 Å². The molecule has 1 heteroatoms. The summed E-state index contributed by atoms with van der Waals surface area (Å²) in [7, 11) is 0. The van der Waals surface area contributed by atoms with Crippen molar-refractivity contribution in [1.82, 2.24) is 0 Å². The van der Waals surface area contributed by atoms with E-state index in [-0.39, 0.29) is 0 Å². The number of hydrogen-bond donors (Lipinski definition) is 0. The van der Waals surface area contributed by atoms with Gasteiger partial charge >= 0.3 is 0 Å². The Morgan fingerprint density at radius 3 is 2.77 bits per heavy atom. The zero-order valence-electron chi connectivity index (χ0n) is 7.88. The zero-order chi connectivity index (χ0) is 9.26. The van der Waals surface area contributed by atoms with Crippen LogP contribution in [0.4, 0.5) is 0 Å². The second-order valence-corrected chi connectivity index (χ2v) is 3.80. The molecule has 0 aromatic heterocycles. The number of rotatable bonds is 2. The summed E-state index contributed by atoms with van der Waals surface area (Å²) in [5, 5.41) is 8.58. The van der Waals surface area contributed by atoms with Crippen LogP contribution in [0.3, 0.4) is 0 Å². The summed E-state index contributed by atoms with van der Waals surface area (Å²) in [6.07, 6.45) is 3.23. The van der Waals surface area contributed by atoms with E-state index >= 15 is 0 Å². The lowest BCUT2D eigenvalue weighted by Crippen LogP contribution is -1.89. The molecule has 13 heavy (non-hydrogen) atoms. The first-order valence-corrected chi connectivity index (χ1v) is 4.77. The van der Waals surface area contributed by atoms with E-state index in [0.29, 0.717) is 6.42 Å². The Kier molecular flexibility index (Phi) is 2.06. The summed E-state index contributed by atoms with van der Waals surface area (Å²) >= 11 is 0. The van der Waals surface area contributed by atoms with E-state index < -0.39 is 0 Å². The molecule has 0 unspecified atom stereocenters. The molecule has 0 spiro atoms. The molecular formula is C12H13N. The van der Waals surface area contributed by atoms with E-state index in [4.69, 9.17) is 5.26 Å². The molecular weight excluding hydrogens is 158 g/mol. The lowest BCUT2D eigenvalue weighted by atomic mass is 10.0. The first-order valence-electron chi connectivity index (χ1n) is 4.77. The lowest BCUT2D eigenvalue weighted by Gasteiger charge is -2.04. The molecule has 0 saturated heterocycles. The van der Waals surface area contributed by atoms with E-state index in [2.05, 4.69) is 31.2 Å². The van der Waals surface area contributed by atoms with Gasteiger partial charge in [-0.15, -0.1) is 0 Å². The van der Waals surface area contributed by atoms with Gasteiger partial charge in [-0.2, -0.15) is 5.26 Å². The van der Waals surface area contributed by atoms with Crippen molar-refractivity contribution in [3.05, 3.63) is 34.9 Å². The van der Waals surface area contributed by atoms with Crippen LogP contribution in [0.15, 0.2) is 18.2 Å². The van der Waals surface area contributed by atoms with Gasteiger partial charge in [0.15, 0.2) is 0 Å². The molecule has 0 amide bonds. The summed E-state index contributed by atoms with van der Waals surface area (Å²) in [5.74, 6) is 0.815. The summed E-state index contributed by atoms with van der Waals surface area (Å²) in [6, 6.07) is 8.71. The van der Waals surface area contributed by atoms with Crippen LogP contribution in [0, 0.1) is 18.3 Å². The predicted molar refractivity (Wildman–Crippen MR) is 52.5 cm³/mol. The zero-order valence-corrected chi connectivity index (χ0v) is 7.88. The molecule has 0 bridgehead atoms. The van der Waals surface area contributed by atoms with Crippen molar-refractivity contribution in [3.8, 4) is 6.07 Å². The Labute approximate surface area is 79.0 Å². The van der Waals surface area contributed by atoms with Crippen LogP contribution < -0.4 is 0 Å². The summed E-state index contributed by atoms with van der Waals surface area (Å²) in [6.45, 7) is 2.10. The highest BCUT2D eigenvalue weighted by molar-refractivity contribution is 5.35. The quantitative estimate of drug-likeness (QED) is 0.671. The average Bonchev–Trinajstić information content (AvgIpc) is 2.91. The fourth-order valence-corrected chi connectivity index (χ4v) is 1.67. The summed E-state index contributed by atoms with van der Waals surface area (Å²) in [5.41, 5.74) is 3.90. The highest BCUT2D eigenvalue weighted by atomic mass is 14.3. The van der Waals surface area contributed by atoms with Gasteiger partial charge in [-0.05, 0) is 42.4 Å². The van der Waals surface area contributed by atoms with Crippen molar-refractivity contribution in [2.45, 2.75) is 32.1 Å². The van der Waals surface area contributed by atoms with Crippen molar-refractivity contribution in [2.24, 2.45) is 0 Å². The van der Waals surface area contributed by atoms with Gasteiger partial charge in [0, 0.05) is 0 Å². The van der Waals surface area contributed by atoms with Crippen LogP contribution in [0.1, 0.15) is 35.4 Å². The highest BCUT2D eigenvalue weighted by Gasteiger charge is 2.23. The van der Waals surface area contributed by atoms with Gasteiger partial charge in [0.2, 0.25) is 0 Å². The van der Waals surface area contributed by atoms with E-state index in [1.165, 1.54) is 29.5 Å². The Morgan fingerprint density at radius 2 is 2.23 bits per heavy atom. The third-order valence-corrected chi connectivity index (χ3v) is 2.68. The second kappa shape index (κ2) is 3.22. The maximum Gasteiger partial charge on any atom is 0.0669 e. The fourth-order valence-electron chi connectivity index (χ4n) is 1.67. The molecule has 1 aliphatic carbocycles. The molecule has 2 rings (SSSR count). The van der Waals surface area contributed by atoms with Crippen molar-refractivity contribution in [3.63, 3.8) is 0 Å². The van der Waals surface area contributed by atoms with Gasteiger partial charge in [-0.25, -0.2) is 0 Å². The molecule has 1 nitrogen and oxygen atoms in total. The van der Waals surface area contributed by atoms with Gasteiger partial charge in [0.1, 0.15) is 0 Å². The van der Waals surface area contributed by atoms with E-state index in [0.717, 1.165) is 5.92 Å². The Hall–Kier alpha value is -1.29. The minimum atomic E-state index is 0.538. The standard InChI is InChI=1S/C12H13N/c1-9-8-12(11-3-4-11)5-2-10(9)6-7-13/h2,5,8,11H,3-4,6H2,1H3. The van der Waals surface area contributed by atoms with Crippen LogP contribution in [0.2, 0.25) is 0 Å². The van der Waals surface area contributed by atoms with Crippen LogP contribution in [0.5, 0.6) is 0 Å². The normalized spacial score (nSPS) is 15.4. The van der Waals surface area contributed by atoms with Crippen molar-refractivity contribution in [2.75, 3.05) is 0 Å². The third kappa shape index (κ3) is 1.72. The highest BCUT2D eigenvalue weighted by Crippen LogP contribution is 2.40. The number of hydrogen-bond acceptors (Lipinski definition) is 1. The smallest absolute Gasteiger partial charge is 0.0669 e. The molecule has 0 heterocycles. The van der Waals surface area contributed by atoms with Gasteiger partial charge in [0.05, 0.1) is 12.5 Å². The molecule has 66 valence electrons. The Bertz CT molecular complexity index is 356. The van der Waals surface area contributed by atoms with Crippen molar-refractivity contribution >= 4 is 0 Å². The average molecular weight is 171 g/mol. The fraction of sp³-hybridized carbons (Fsp3) is 0.417. The maximum absolute atomic E-state index is 8.58.